The highest BCUT2D eigenvalue weighted by atomic mass is 19.1. The van der Waals surface area contributed by atoms with Crippen molar-refractivity contribution in [3.05, 3.63) is 65.2 Å². The van der Waals surface area contributed by atoms with Gasteiger partial charge >= 0.3 is 0 Å². The summed E-state index contributed by atoms with van der Waals surface area (Å²) in [4.78, 5) is 0. The zero-order valence-electron chi connectivity index (χ0n) is 10.7. The minimum Gasteiger partial charge on any atom is -0.486 e. The molecule has 3 nitrogen and oxygen atoms in total. The summed E-state index contributed by atoms with van der Waals surface area (Å²) in [6.45, 7) is -0.114. The van der Waals surface area contributed by atoms with Gasteiger partial charge in [0.05, 0.1) is 11.7 Å². The smallest absolute Gasteiger partial charge is 0.173 e. The molecule has 0 aliphatic rings. The first-order valence-corrected chi connectivity index (χ1v) is 6.16. The van der Waals surface area contributed by atoms with E-state index in [-0.39, 0.29) is 18.9 Å². The van der Waals surface area contributed by atoms with E-state index in [4.69, 9.17) is 10.5 Å². The van der Waals surface area contributed by atoms with Crippen LogP contribution in [0.1, 0.15) is 17.2 Å². The lowest BCUT2D eigenvalue weighted by molar-refractivity contribution is 0.174. The van der Waals surface area contributed by atoms with Crippen LogP contribution < -0.4 is 10.5 Å². The maximum Gasteiger partial charge on any atom is 0.173 e. The largest absolute Gasteiger partial charge is 0.486 e. The van der Waals surface area contributed by atoms with Crippen molar-refractivity contribution in [3.8, 4) is 5.75 Å². The molecule has 106 valence electrons. The van der Waals surface area contributed by atoms with Crippen LogP contribution in [0.15, 0.2) is 42.5 Å². The van der Waals surface area contributed by atoms with Gasteiger partial charge in [-0.1, -0.05) is 30.3 Å². The van der Waals surface area contributed by atoms with Crippen molar-refractivity contribution < 1.29 is 18.6 Å². The molecule has 0 aliphatic carbocycles. The molecule has 5 heteroatoms. The zero-order valence-corrected chi connectivity index (χ0v) is 10.7. The Morgan fingerprint density at radius 1 is 1.10 bits per heavy atom. The summed E-state index contributed by atoms with van der Waals surface area (Å²) in [5.41, 5.74) is 5.63. The summed E-state index contributed by atoms with van der Waals surface area (Å²) in [5, 5.41) is 9.54. The predicted octanol–water partition coefficient (Wildman–Crippen LogP) is 2.54. The maximum atomic E-state index is 14.1. The Kier molecular flexibility index (Phi) is 4.65. The highest BCUT2D eigenvalue weighted by Gasteiger charge is 2.20. The fourth-order valence-electron chi connectivity index (χ4n) is 1.82. The molecular weight excluding hydrogens is 264 g/mol. The molecule has 0 fully saturated rings. The predicted molar refractivity (Wildman–Crippen MR) is 71.1 cm³/mol. The molecule has 2 aromatic rings. The van der Waals surface area contributed by atoms with Crippen molar-refractivity contribution in [2.24, 2.45) is 5.73 Å². The fraction of sp³-hybridized carbons (Fsp3) is 0.200. The molecule has 0 aliphatic heterocycles. The van der Waals surface area contributed by atoms with Crippen molar-refractivity contribution >= 4 is 0 Å². The topological polar surface area (TPSA) is 55.5 Å². The molecule has 0 aromatic heterocycles. The van der Waals surface area contributed by atoms with Gasteiger partial charge in [0.15, 0.2) is 11.6 Å². The molecule has 0 radical (unpaired) electrons. The third-order valence-electron chi connectivity index (χ3n) is 2.88. The third-order valence-corrected chi connectivity index (χ3v) is 2.88. The van der Waals surface area contributed by atoms with E-state index in [2.05, 4.69) is 0 Å². The number of hydrogen-bond donors (Lipinski definition) is 2. The van der Waals surface area contributed by atoms with Gasteiger partial charge in [-0.25, -0.2) is 8.78 Å². The Labute approximate surface area is 115 Å². The van der Waals surface area contributed by atoms with Gasteiger partial charge in [-0.2, -0.15) is 0 Å². The van der Waals surface area contributed by atoms with Crippen LogP contribution in [-0.4, -0.2) is 11.7 Å². The summed E-state index contributed by atoms with van der Waals surface area (Å²) in [6, 6.07) is 11.4. The number of rotatable bonds is 5. The van der Waals surface area contributed by atoms with E-state index < -0.39 is 23.3 Å². The number of benzene rings is 2. The molecule has 0 saturated heterocycles. The van der Waals surface area contributed by atoms with E-state index >= 15 is 0 Å². The van der Waals surface area contributed by atoms with Crippen LogP contribution in [0.2, 0.25) is 0 Å². The van der Waals surface area contributed by atoms with Gasteiger partial charge in [-0.3, -0.25) is 0 Å². The Hall–Kier alpha value is -1.98. The van der Waals surface area contributed by atoms with E-state index in [9.17, 15) is 13.9 Å². The minimum atomic E-state index is -1.39. The molecule has 0 amide bonds. The van der Waals surface area contributed by atoms with Crippen LogP contribution in [0.5, 0.6) is 5.75 Å². The lowest BCUT2D eigenvalue weighted by Gasteiger charge is -2.14. The Morgan fingerprint density at radius 2 is 1.80 bits per heavy atom. The fourth-order valence-corrected chi connectivity index (χ4v) is 1.82. The summed E-state index contributed by atoms with van der Waals surface area (Å²) >= 11 is 0. The zero-order chi connectivity index (χ0) is 14.5. The number of ether oxygens (including phenoxy) is 1. The molecule has 2 aromatic carbocycles. The van der Waals surface area contributed by atoms with Crippen LogP contribution in [-0.2, 0) is 6.61 Å². The van der Waals surface area contributed by atoms with Crippen LogP contribution >= 0.6 is 0 Å². The van der Waals surface area contributed by atoms with E-state index in [1.807, 2.05) is 30.3 Å². The summed E-state index contributed by atoms with van der Waals surface area (Å²) in [5.74, 6) is -1.87. The van der Waals surface area contributed by atoms with Gasteiger partial charge in [0.25, 0.3) is 0 Å². The maximum absolute atomic E-state index is 14.1. The lowest BCUT2D eigenvalue weighted by atomic mass is 10.1. The standard InChI is InChI=1S/C15H15F2NO2/c16-11-6-7-13(15(17)14(11)12(19)8-18)20-9-10-4-2-1-3-5-10/h1-7,12,19H,8-9,18H2/t12-/m1/s1. The molecule has 0 unspecified atom stereocenters. The number of halogens is 2. The van der Waals surface area contributed by atoms with Gasteiger partial charge in [-0.05, 0) is 17.7 Å². The molecule has 0 saturated carbocycles. The minimum absolute atomic E-state index is 0.113. The van der Waals surface area contributed by atoms with Crippen LogP contribution in [0, 0.1) is 11.6 Å². The van der Waals surface area contributed by atoms with Gasteiger partial charge in [0.2, 0.25) is 0 Å². The van der Waals surface area contributed by atoms with E-state index in [1.165, 1.54) is 6.07 Å². The normalized spacial score (nSPS) is 12.2. The first kappa shape index (κ1) is 14.4. The van der Waals surface area contributed by atoms with Crippen LogP contribution in [0.4, 0.5) is 8.78 Å². The molecule has 0 heterocycles. The molecule has 20 heavy (non-hydrogen) atoms. The molecule has 2 rings (SSSR count). The Morgan fingerprint density at radius 3 is 2.45 bits per heavy atom. The summed E-state index contributed by atoms with van der Waals surface area (Å²) in [6.07, 6.45) is -1.39. The van der Waals surface area contributed by atoms with Crippen molar-refractivity contribution in [1.29, 1.82) is 0 Å². The first-order valence-electron chi connectivity index (χ1n) is 6.16. The summed E-state index contributed by atoms with van der Waals surface area (Å²) < 4.78 is 32.9. The van der Waals surface area contributed by atoms with Crippen molar-refractivity contribution in [2.75, 3.05) is 6.54 Å². The highest BCUT2D eigenvalue weighted by Crippen LogP contribution is 2.28. The third kappa shape index (κ3) is 3.12. The SMILES string of the molecule is NC[C@@H](O)c1c(F)ccc(OCc2ccccc2)c1F. The van der Waals surface area contributed by atoms with E-state index in [0.29, 0.717) is 0 Å². The van der Waals surface area contributed by atoms with Crippen LogP contribution in [0.3, 0.4) is 0 Å². The molecule has 1 atom stereocenters. The Bertz CT molecular complexity index is 576. The average molecular weight is 279 g/mol. The van der Waals surface area contributed by atoms with Crippen molar-refractivity contribution in [3.63, 3.8) is 0 Å². The Balaban J connectivity index is 2.20. The van der Waals surface area contributed by atoms with E-state index in [0.717, 1.165) is 11.6 Å². The number of aliphatic hydroxyl groups is 1. The van der Waals surface area contributed by atoms with Gasteiger partial charge in [-0.15, -0.1) is 0 Å². The average Bonchev–Trinajstić information content (AvgIpc) is 2.47. The molecule has 3 N–H and O–H groups in total. The quantitative estimate of drug-likeness (QED) is 0.884. The first-order chi connectivity index (χ1) is 9.63. The second-order valence-corrected chi connectivity index (χ2v) is 4.30. The number of aliphatic hydroxyl groups excluding tert-OH is 1. The van der Waals surface area contributed by atoms with Gasteiger partial charge in [0.1, 0.15) is 12.4 Å². The van der Waals surface area contributed by atoms with Crippen LogP contribution in [0.25, 0.3) is 0 Å². The summed E-state index contributed by atoms with van der Waals surface area (Å²) in [7, 11) is 0. The molecule has 0 spiro atoms. The van der Waals surface area contributed by atoms with Gasteiger partial charge in [0, 0.05) is 6.54 Å². The highest BCUT2D eigenvalue weighted by molar-refractivity contribution is 5.34. The second kappa shape index (κ2) is 6.45. The number of nitrogens with two attached hydrogens (primary N) is 1. The monoisotopic (exact) mass is 279 g/mol. The van der Waals surface area contributed by atoms with E-state index in [1.54, 1.807) is 0 Å². The number of hydrogen-bond acceptors (Lipinski definition) is 3. The molecular formula is C15H15F2NO2. The lowest BCUT2D eigenvalue weighted by Crippen LogP contribution is -2.15. The van der Waals surface area contributed by atoms with Gasteiger partial charge < -0.3 is 15.6 Å². The van der Waals surface area contributed by atoms with Crippen molar-refractivity contribution in [1.82, 2.24) is 0 Å². The van der Waals surface area contributed by atoms with Crippen molar-refractivity contribution in [2.45, 2.75) is 12.7 Å². The second-order valence-electron chi connectivity index (χ2n) is 4.30. The molecule has 0 bridgehead atoms.